The Bertz CT molecular complexity index is 2710. The van der Waals surface area contributed by atoms with Crippen LogP contribution in [0.25, 0.3) is 0 Å². The number of aliphatic hydroxyl groups is 1. The van der Waals surface area contributed by atoms with Crippen LogP contribution in [0.1, 0.15) is 112 Å². The molecule has 22 heteroatoms. The number of amidine groups is 1. The molecule has 0 spiro atoms. The molecule has 7 aliphatic rings. The van der Waals surface area contributed by atoms with Crippen LogP contribution in [0.15, 0.2) is 78.2 Å². The molecule has 11 atom stereocenters. The quantitative estimate of drug-likeness (QED) is 0.252. The Labute approximate surface area is 497 Å². The van der Waals surface area contributed by atoms with Crippen LogP contribution in [0.2, 0.25) is 0 Å². The summed E-state index contributed by atoms with van der Waals surface area (Å²) in [4.78, 5) is 36.9. The molecular weight excluding hydrogens is 1260 g/mol. The number of aliphatic imine (C=N–C) groups is 1. The van der Waals surface area contributed by atoms with Gasteiger partial charge in [0.05, 0.1) is 80.7 Å². The Hall–Kier alpha value is -3.16. The van der Waals surface area contributed by atoms with Gasteiger partial charge in [-0.3, -0.25) is 0 Å². The van der Waals surface area contributed by atoms with Gasteiger partial charge in [0.25, 0.3) is 0 Å². The highest BCUT2D eigenvalue weighted by Crippen LogP contribution is 2.49. The summed E-state index contributed by atoms with van der Waals surface area (Å²) in [7, 11) is 0. The molecule has 3 aromatic carbocycles. The molecule has 15 nitrogen and oxygen atoms in total. The fraction of sp³-hybridized carbons (Fsp3) is 0.621. The molecule has 5 fully saturated rings. The summed E-state index contributed by atoms with van der Waals surface area (Å²) in [5.74, 6) is 0.194. The number of thioether (sulfide) groups is 1. The van der Waals surface area contributed by atoms with Crippen molar-refractivity contribution in [1.82, 2.24) is 4.90 Å². The van der Waals surface area contributed by atoms with E-state index in [1.807, 2.05) is 19.9 Å². The maximum Gasteiger partial charge on any atom is 0.426 e. The van der Waals surface area contributed by atoms with E-state index in [1.165, 1.54) is 30.0 Å². The van der Waals surface area contributed by atoms with Crippen LogP contribution >= 0.6 is 59.6 Å². The zero-order valence-corrected chi connectivity index (χ0v) is 52.7. The van der Waals surface area contributed by atoms with Gasteiger partial charge in [-0.2, -0.15) is 4.90 Å². The minimum absolute atomic E-state index is 0.0153. The lowest BCUT2D eigenvalue weighted by atomic mass is 9.69. The van der Waals surface area contributed by atoms with E-state index in [2.05, 4.69) is 66.8 Å². The molecular formula is C58H76Br3F3N4O11S. The third-order valence-corrected chi connectivity index (χ3v) is 17.7. The number of hydrogen-bond donors (Lipinski definition) is 2. The third kappa shape index (κ3) is 15.6. The van der Waals surface area contributed by atoms with Crippen LogP contribution < -0.4 is 5.73 Å². The van der Waals surface area contributed by atoms with Crippen molar-refractivity contribution < 1.29 is 65.9 Å². The maximum absolute atomic E-state index is 15.2. The van der Waals surface area contributed by atoms with E-state index >= 15 is 4.39 Å². The third-order valence-electron chi connectivity index (χ3n) is 15.2. The number of ether oxygens (including phenoxy) is 7. The fourth-order valence-electron chi connectivity index (χ4n) is 10.9. The van der Waals surface area contributed by atoms with Crippen molar-refractivity contribution in [3.8, 4) is 0 Å². The van der Waals surface area contributed by atoms with Crippen molar-refractivity contribution in [2.24, 2.45) is 39.6 Å². The molecule has 5 saturated heterocycles. The Morgan fingerprint density at radius 1 is 0.700 bits per heavy atom. The number of oxime groups is 1. The number of hydrogen-bond acceptors (Lipinski definition) is 15. The average molecular weight is 1330 g/mol. The number of halogens is 6. The van der Waals surface area contributed by atoms with Gasteiger partial charge in [0.15, 0.2) is 5.17 Å². The number of rotatable bonds is 4. The van der Waals surface area contributed by atoms with Gasteiger partial charge < -0.3 is 48.8 Å². The largest absolute Gasteiger partial charge is 0.443 e. The molecule has 0 radical (unpaired) electrons. The molecule has 7 aliphatic heterocycles. The SMILES string of the molecule is C[C@H]1C[C@@H](CO)[C@](N)(c2cc(Br)ccc2F)CO1.C[C@H]1C[C@H]2COC[C@@]2(c2cc(Br)ccc2F)CO1.C[C@H]1C[C@H]2CON=C2CO1.C[C@H]1C[C@H]2CSC(N(C(=O)OC(C)(C)C)C(=O)OC(C)(C)C)=N[C@@]2(c2cc(Br)ccc2F)CO1. The lowest BCUT2D eigenvalue weighted by Gasteiger charge is -2.46. The number of benzene rings is 3. The normalized spacial score (nSPS) is 30.8. The first kappa shape index (κ1) is 64.4. The number of carbonyl (C=O) groups excluding carboxylic acids is 2. The zero-order valence-electron chi connectivity index (χ0n) is 47.1. The van der Waals surface area contributed by atoms with Crippen LogP contribution in [-0.2, 0) is 54.5 Å². The summed E-state index contributed by atoms with van der Waals surface area (Å²) in [6, 6.07) is 14.5. The van der Waals surface area contributed by atoms with Gasteiger partial charge in [-0.1, -0.05) is 64.7 Å². The monoisotopic (exact) mass is 1330 g/mol. The number of imide groups is 1. The first-order valence-electron chi connectivity index (χ1n) is 27.0. The maximum atomic E-state index is 15.2. The van der Waals surface area contributed by atoms with Gasteiger partial charge in [-0.05, 0) is 155 Å². The van der Waals surface area contributed by atoms with Gasteiger partial charge in [0.2, 0.25) is 0 Å². The second kappa shape index (κ2) is 26.8. The van der Waals surface area contributed by atoms with E-state index < -0.39 is 40.3 Å². The van der Waals surface area contributed by atoms with Crippen molar-refractivity contribution in [3.63, 3.8) is 0 Å². The highest BCUT2D eigenvalue weighted by atomic mass is 79.9. The van der Waals surface area contributed by atoms with Crippen LogP contribution in [0.3, 0.4) is 0 Å². The molecule has 0 saturated carbocycles. The van der Waals surface area contributed by atoms with Crippen molar-refractivity contribution in [2.45, 2.75) is 147 Å². The van der Waals surface area contributed by atoms with Gasteiger partial charge in [-0.25, -0.2) is 27.8 Å². The van der Waals surface area contributed by atoms with Gasteiger partial charge in [0, 0.05) is 60.2 Å². The van der Waals surface area contributed by atoms with E-state index in [9.17, 15) is 23.5 Å². The second-order valence-corrected chi connectivity index (χ2v) is 27.5. The molecule has 3 N–H and O–H groups in total. The summed E-state index contributed by atoms with van der Waals surface area (Å²) < 4.78 is 85.0. The van der Waals surface area contributed by atoms with E-state index in [-0.39, 0.29) is 72.2 Å². The Morgan fingerprint density at radius 3 is 1.81 bits per heavy atom. The van der Waals surface area contributed by atoms with Gasteiger partial charge in [0.1, 0.15) is 40.8 Å². The Kier molecular flexibility index (Phi) is 21.6. The number of nitrogens with zero attached hydrogens (tertiary/aromatic N) is 3. The summed E-state index contributed by atoms with van der Waals surface area (Å²) in [6.45, 7) is 21.8. The number of carbonyl (C=O) groups is 2. The zero-order chi connectivity index (χ0) is 58.5. The van der Waals surface area contributed by atoms with Gasteiger partial charge >= 0.3 is 12.2 Å². The highest BCUT2D eigenvalue weighted by molar-refractivity contribution is 9.11. The molecule has 0 aliphatic carbocycles. The van der Waals surface area contributed by atoms with Gasteiger partial charge in [-0.15, -0.1) is 0 Å². The molecule has 0 bridgehead atoms. The first-order valence-corrected chi connectivity index (χ1v) is 30.4. The van der Waals surface area contributed by atoms with E-state index in [0.29, 0.717) is 78.6 Å². The van der Waals surface area contributed by atoms with E-state index in [1.54, 1.807) is 71.9 Å². The number of nitrogens with two attached hydrogens (primary N) is 1. The van der Waals surface area contributed by atoms with Crippen LogP contribution in [0.4, 0.5) is 22.8 Å². The lowest BCUT2D eigenvalue weighted by Crippen LogP contribution is -2.54. The summed E-state index contributed by atoms with van der Waals surface area (Å²) in [6.07, 6.45) is 2.12. The molecule has 3 aromatic rings. The first-order chi connectivity index (χ1) is 37.6. The Morgan fingerprint density at radius 2 is 1.21 bits per heavy atom. The minimum atomic E-state index is -1.11. The van der Waals surface area contributed by atoms with E-state index in [4.69, 9.17) is 48.7 Å². The molecule has 80 heavy (non-hydrogen) atoms. The number of aliphatic hydroxyl groups excluding tert-OH is 1. The molecule has 7 heterocycles. The van der Waals surface area contributed by atoms with Crippen LogP contribution in [-0.4, -0.2) is 127 Å². The number of amides is 2. The average Bonchev–Trinajstić information content (AvgIpc) is 4.04. The highest BCUT2D eigenvalue weighted by Gasteiger charge is 2.53. The van der Waals surface area contributed by atoms with E-state index in [0.717, 1.165) is 44.6 Å². The Balaban J connectivity index is 0.000000169. The predicted molar refractivity (Wildman–Crippen MR) is 311 cm³/mol. The summed E-state index contributed by atoms with van der Waals surface area (Å²) >= 11 is 11.4. The fourth-order valence-corrected chi connectivity index (χ4v) is 13.3. The minimum Gasteiger partial charge on any atom is -0.443 e. The standard InChI is InChI=1S/C24H32BrFN2O5S.C14H16BrFO2.C13H17BrFNO2.C7H11NO2/c1-14-10-15-12-34-19(27-24(15,13-31-14)17-11-16(25)8-9-18(17)26)28(20(29)32-22(2,3)4)21(30)33-23(5,6)7;1-9-4-10-6-17-7-14(10,8-18-9)12-5-11(15)2-3-13(12)16;1-8-4-9(6-17)13(16,7-18-8)11-5-10(14)2-3-12(11)15;1-5-2-6-3-10-8-7(6)4-9-5/h8-9,11,14-15H,10,12-13H2,1-7H3;2-3,5,9-10H,4,6-8H2,1H3;2-3,5,8-9,17H,4,6-7,16H2,1H3;5-6H,2-4H2,1H3/t14-,15-,24-;9-,10-,14+;8-,9-,13-;5-,6-/m0000/s1. The lowest BCUT2D eigenvalue weighted by molar-refractivity contribution is -0.0680. The van der Waals surface area contributed by atoms with Crippen LogP contribution in [0.5, 0.6) is 0 Å². The molecule has 0 unspecified atom stereocenters. The van der Waals surface area contributed by atoms with Crippen molar-refractivity contribution in [3.05, 3.63) is 102 Å². The van der Waals surface area contributed by atoms with Crippen LogP contribution in [0, 0.1) is 41.1 Å². The van der Waals surface area contributed by atoms with Crippen molar-refractivity contribution in [1.29, 1.82) is 0 Å². The summed E-state index contributed by atoms with van der Waals surface area (Å²) in [5, 5.41) is 13.5. The smallest absolute Gasteiger partial charge is 0.426 e. The van der Waals surface area contributed by atoms with Crippen molar-refractivity contribution in [2.75, 3.05) is 58.6 Å². The number of fused-ring (bicyclic) bond motifs is 3. The topological polar surface area (TPSA) is 182 Å². The predicted octanol–water partition coefficient (Wildman–Crippen LogP) is 12.7. The second-order valence-electron chi connectivity index (χ2n) is 23.8. The summed E-state index contributed by atoms with van der Waals surface area (Å²) in [5.41, 5.74) is 4.80. The van der Waals surface area contributed by atoms with Crippen molar-refractivity contribution >= 4 is 82.6 Å². The molecule has 442 valence electrons. The molecule has 0 aromatic heterocycles. The molecule has 10 rings (SSSR count). The molecule has 2 amide bonds.